The van der Waals surface area contributed by atoms with Gasteiger partial charge in [-0.05, 0) is 166 Å². The van der Waals surface area contributed by atoms with Gasteiger partial charge < -0.3 is 0 Å². The molecule has 0 bridgehead atoms. The normalized spacial score (nSPS) is 11.0. The zero-order valence-electron chi connectivity index (χ0n) is 49.9. The van der Waals surface area contributed by atoms with Crippen LogP contribution in [0.2, 0.25) is 0 Å². The third-order valence-electron chi connectivity index (χ3n) is 14.3. The number of nitrogens with zero attached hydrogens (tertiary/aromatic N) is 10. The third kappa shape index (κ3) is 14.8. The van der Waals surface area contributed by atoms with Gasteiger partial charge in [0, 0.05) is 83.5 Å². The summed E-state index contributed by atoms with van der Waals surface area (Å²) >= 11 is 0. The molecule has 10 nitrogen and oxygen atoms in total. The molecule has 0 radical (unpaired) electrons. The van der Waals surface area contributed by atoms with Crippen LogP contribution in [0.4, 0.5) is 0 Å². The molecule has 0 N–H and O–H groups in total. The molecule has 0 aliphatic carbocycles. The molecule has 422 valence electrons. The summed E-state index contributed by atoms with van der Waals surface area (Å²) in [6.45, 7) is 17.4. The smallest absolute Gasteiger partial charge is 0.0970 e. The van der Waals surface area contributed by atoms with Crippen molar-refractivity contribution in [3.8, 4) is 56.4 Å². The Bertz CT molecular complexity index is 4220. The fourth-order valence-corrected chi connectivity index (χ4v) is 9.70. The molecule has 10 heteroatoms. The van der Waals surface area contributed by atoms with Gasteiger partial charge in [-0.1, -0.05) is 151 Å². The van der Waals surface area contributed by atoms with E-state index in [1.54, 1.807) is 24.8 Å². The van der Waals surface area contributed by atoms with Crippen LogP contribution in [0.1, 0.15) is 63.8 Å². The van der Waals surface area contributed by atoms with E-state index in [4.69, 9.17) is 0 Å². The van der Waals surface area contributed by atoms with Crippen molar-refractivity contribution in [3.05, 3.63) is 290 Å². The van der Waals surface area contributed by atoms with Crippen LogP contribution in [-0.4, -0.2) is 49.8 Å². The number of hydrogen-bond acceptors (Lipinski definition) is 10. The summed E-state index contributed by atoms with van der Waals surface area (Å²) in [5.41, 5.74) is 19.4. The largest absolute Gasteiger partial charge is 0.255 e. The van der Waals surface area contributed by atoms with E-state index in [1.165, 1.54) is 44.5 Å². The molecular formula is C76H68N10. The molecule has 0 aliphatic heterocycles. The van der Waals surface area contributed by atoms with E-state index in [9.17, 15) is 0 Å². The van der Waals surface area contributed by atoms with Gasteiger partial charge >= 0.3 is 0 Å². The maximum Gasteiger partial charge on any atom is 0.0970 e. The summed E-state index contributed by atoms with van der Waals surface area (Å²) in [6, 6.07) is 69.6. The molecule has 10 heterocycles. The second-order valence-corrected chi connectivity index (χ2v) is 22.7. The lowest BCUT2D eigenvalue weighted by Gasteiger charge is -2.21. The quantitative estimate of drug-likeness (QED) is 0.154. The lowest BCUT2D eigenvalue weighted by atomic mass is 9.86. The maximum absolute atomic E-state index is 4.67. The van der Waals surface area contributed by atoms with Gasteiger partial charge in [-0.25, -0.2) is 0 Å². The van der Waals surface area contributed by atoms with Gasteiger partial charge in [0.2, 0.25) is 0 Å². The van der Waals surface area contributed by atoms with Gasteiger partial charge in [-0.15, -0.1) is 0 Å². The molecule has 14 aromatic rings. The van der Waals surface area contributed by atoms with Crippen molar-refractivity contribution in [2.45, 2.75) is 66.2 Å². The van der Waals surface area contributed by atoms with Crippen LogP contribution >= 0.6 is 0 Å². The van der Waals surface area contributed by atoms with Crippen molar-refractivity contribution in [2.75, 3.05) is 0 Å². The van der Waals surface area contributed by atoms with Crippen LogP contribution in [0.5, 0.6) is 0 Å². The predicted molar refractivity (Wildman–Crippen MR) is 354 cm³/mol. The molecule has 0 fully saturated rings. The summed E-state index contributed by atoms with van der Waals surface area (Å²) in [5.74, 6) is 0. The number of rotatable bonds is 5. The van der Waals surface area contributed by atoms with Crippen LogP contribution in [0, 0.1) is 13.8 Å². The van der Waals surface area contributed by atoms with Crippen molar-refractivity contribution in [1.82, 2.24) is 49.8 Å². The van der Waals surface area contributed by atoms with Crippen LogP contribution < -0.4 is 0 Å². The first kappa shape index (κ1) is 58.6. The number of fused-ring (bicyclic) bond motifs is 6. The Hall–Kier alpha value is -10.6. The zero-order valence-corrected chi connectivity index (χ0v) is 49.9. The Morgan fingerprint density at radius 1 is 0.244 bits per heavy atom. The molecule has 0 aliphatic rings. The van der Waals surface area contributed by atoms with Crippen molar-refractivity contribution in [2.24, 2.45) is 0 Å². The predicted octanol–water partition coefficient (Wildman–Crippen LogP) is 18.5. The number of benzene rings is 4. The average Bonchev–Trinajstić information content (AvgIpc) is 2.12. The summed E-state index contributed by atoms with van der Waals surface area (Å²) in [4.78, 5) is 43.9. The first-order chi connectivity index (χ1) is 41.8. The van der Waals surface area contributed by atoms with Gasteiger partial charge in [0.15, 0.2) is 0 Å². The summed E-state index contributed by atoms with van der Waals surface area (Å²) in [5, 5.41) is 4.53. The maximum atomic E-state index is 4.67. The molecule has 0 atom stereocenters. The zero-order chi connectivity index (χ0) is 59.9. The van der Waals surface area contributed by atoms with Crippen molar-refractivity contribution < 1.29 is 0 Å². The van der Waals surface area contributed by atoms with Crippen molar-refractivity contribution in [1.29, 1.82) is 0 Å². The molecule has 0 saturated carbocycles. The number of pyridine rings is 10. The molecular weight excluding hydrogens is 1050 g/mol. The summed E-state index contributed by atoms with van der Waals surface area (Å²) in [6.07, 6.45) is 18.3. The van der Waals surface area contributed by atoms with Crippen LogP contribution in [0.25, 0.3) is 100 Å². The van der Waals surface area contributed by atoms with Crippen molar-refractivity contribution >= 4 is 43.6 Å². The van der Waals surface area contributed by atoms with Gasteiger partial charge in [-0.3, -0.25) is 49.8 Å². The highest BCUT2D eigenvalue weighted by molar-refractivity contribution is 6.11. The van der Waals surface area contributed by atoms with Gasteiger partial charge in [0.25, 0.3) is 0 Å². The highest BCUT2D eigenvalue weighted by Crippen LogP contribution is 2.35. The third-order valence-corrected chi connectivity index (χ3v) is 14.3. The minimum absolute atomic E-state index is 0.124. The Labute approximate surface area is 504 Å². The molecule has 0 spiro atoms. The highest BCUT2D eigenvalue weighted by Gasteiger charge is 2.18. The molecule has 0 saturated heterocycles. The minimum atomic E-state index is 0.124. The molecule has 0 unspecified atom stereocenters. The Morgan fingerprint density at radius 3 is 0.953 bits per heavy atom. The first-order valence-electron chi connectivity index (χ1n) is 28.7. The van der Waals surface area contributed by atoms with Gasteiger partial charge in [-0.2, -0.15) is 0 Å². The highest BCUT2D eigenvalue weighted by atomic mass is 14.8. The van der Waals surface area contributed by atoms with E-state index < -0.39 is 0 Å². The number of hydrogen-bond donors (Lipinski definition) is 0. The van der Waals surface area contributed by atoms with E-state index in [2.05, 4.69) is 227 Å². The molecule has 14 rings (SSSR count). The van der Waals surface area contributed by atoms with E-state index in [0.29, 0.717) is 0 Å². The van der Waals surface area contributed by atoms with E-state index in [1.807, 2.05) is 122 Å². The average molecular weight is 1120 g/mol. The second kappa shape index (κ2) is 27.2. The fourth-order valence-electron chi connectivity index (χ4n) is 9.70. The Kier molecular flexibility index (Phi) is 18.5. The fraction of sp³-hybridized carbons (Fsp3) is 0.132. The molecule has 0 amide bonds. The monoisotopic (exact) mass is 1120 g/mol. The van der Waals surface area contributed by atoms with Crippen molar-refractivity contribution in [3.63, 3.8) is 0 Å². The second-order valence-electron chi connectivity index (χ2n) is 22.7. The summed E-state index contributed by atoms with van der Waals surface area (Å²) < 4.78 is 0. The Balaban J connectivity index is 0.000000123. The van der Waals surface area contributed by atoms with E-state index >= 15 is 0 Å². The van der Waals surface area contributed by atoms with Gasteiger partial charge in [0.05, 0.1) is 56.2 Å². The lowest BCUT2D eigenvalue weighted by molar-refractivity contribution is 0.588. The van der Waals surface area contributed by atoms with Crippen LogP contribution in [0.15, 0.2) is 268 Å². The molecule has 4 aromatic carbocycles. The number of aryl methyl sites for hydroxylation is 2. The number of aromatic nitrogens is 10. The lowest BCUT2D eigenvalue weighted by Crippen LogP contribution is -2.12. The molecule has 86 heavy (non-hydrogen) atoms. The van der Waals surface area contributed by atoms with E-state index in [0.717, 1.165) is 77.8 Å². The standard InChI is InChI=1S/C24H16N2.C18H24N2.C12H8N2.C12H12N2.C10H8N2/c1-3-7-17(8-4-1)19-13-15-25-23-21(19)11-12-22-20(14-16-26-24(22)23)18-9-5-2-6-10-18;1-17(2,3)13-7-9-19-15(11-13)16-12-14(8-10-20-16)18(4,5)6;1-3-9-5-6-10-4-2-8-14-12(10)11(9)13-7-1;1-9-3-5-13-11(7-9)12-8-10(2)4-6-14-12;1-3-7-11-9(5-1)10-6-2-4-8-12-10/h1-16H;7-12H,1-6H3;1-8H;3-8H,1-2H3;1-8H. The Morgan fingerprint density at radius 2 is 0.581 bits per heavy atom. The van der Waals surface area contributed by atoms with E-state index in [-0.39, 0.29) is 10.8 Å². The SMILES string of the molecule is CC(C)(C)c1ccnc(-c2cc(C(C)(C)C)ccn2)c1.Cc1ccnc(-c2cc(C)ccn2)c1.c1ccc(-c2ccccn2)nc1.c1ccc(-c2ccnc3c2ccc2c(-c4ccccc4)ccnc23)cc1.c1cnc2c(c1)ccc1cccnc12. The minimum Gasteiger partial charge on any atom is -0.255 e. The van der Waals surface area contributed by atoms with Gasteiger partial charge in [0.1, 0.15) is 0 Å². The van der Waals surface area contributed by atoms with Crippen LogP contribution in [-0.2, 0) is 10.8 Å². The first-order valence-corrected chi connectivity index (χ1v) is 28.7. The van der Waals surface area contributed by atoms with Crippen LogP contribution in [0.3, 0.4) is 0 Å². The molecule has 10 aromatic heterocycles. The topological polar surface area (TPSA) is 129 Å². The summed E-state index contributed by atoms with van der Waals surface area (Å²) in [7, 11) is 0.